The number of carbonyl (C=O) groups excluding carboxylic acids is 1. The van der Waals surface area contributed by atoms with E-state index in [1.54, 1.807) is 0 Å². The van der Waals surface area contributed by atoms with Gasteiger partial charge in [0, 0.05) is 19.0 Å². The van der Waals surface area contributed by atoms with Crippen LogP contribution in [0.25, 0.3) is 10.9 Å². The van der Waals surface area contributed by atoms with Gasteiger partial charge in [-0.15, -0.1) is 0 Å². The molecular formula is C14H16F3N5O2. The quantitative estimate of drug-likeness (QED) is 0.493. The molecule has 1 aromatic carbocycles. The van der Waals surface area contributed by atoms with Crippen molar-refractivity contribution in [3.05, 3.63) is 29.5 Å². The summed E-state index contributed by atoms with van der Waals surface area (Å²) in [5, 5.41) is 2.06. The normalized spacial score (nSPS) is 12.5. The van der Waals surface area contributed by atoms with Crippen molar-refractivity contribution in [3.8, 4) is 5.75 Å². The first-order chi connectivity index (χ1) is 11.3. The van der Waals surface area contributed by atoms with Crippen LogP contribution in [0.15, 0.2) is 23.2 Å². The molecule has 1 amide bonds. The summed E-state index contributed by atoms with van der Waals surface area (Å²) >= 11 is 0. The molecule has 0 saturated heterocycles. The lowest BCUT2D eigenvalue weighted by Gasteiger charge is -2.11. The average molecular weight is 343 g/mol. The highest BCUT2D eigenvalue weighted by atomic mass is 19.4. The van der Waals surface area contributed by atoms with Crippen LogP contribution in [0, 0.1) is 0 Å². The number of amides is 1. The van der Waals surface area contributed by atoms with Gasteiger partial charge in [-0.05, 0) is 18.2 Å². The minimum absolute atomic E-state index is 0.0513. The van der Waals surface area contributed by atoms with Crippen molar-refractivity contribution < 1.29 is 22.7 Å². The maximum Gasteiger partial charge on any atom is 0.417 e. The molecule has 24 heavy (non-hydrogen) atoms. The first-order valence-electron chi connectivity index (χ1n) is 6.87. The molecule has 0 bridgehead atoms. The Bertz CT molecular complexity index is 783. The molecular weight excluding hydrogens is 327 g/mol. The molecule has 0 aliphatic heterocycles. The van der Waals surface area contributed by atoms with Gasteiger partial charge in [-0.1, -0.05) is 0 Å². The fourth-order valence-corrected chi connectivity index (χ4v) is 2.09. The fourth-order valence-electron chi connectivity index (χ4n) is 2.09. The Labute approximate surface area is 134 Å². The third kappa shape index (κ3) is 3.59. The number of nitrogens with zero attached hydrogens (tertiary/aromatic N) is 1. The molecule has 6 N–H and O–H groups in total. The van der Waals surface area contributed by atoms with E-state index < -0.39 is 17.6 Å². The fraction of sp³-hybridized carbons (Fsp3) is 0.286. The Hall–Kier alpha value is -2.75. The Balaban J connectivity index is 2.55. The van der Waals surface area contributed by atoms with Crippen molar-refractivity contribution in [2.75, 3.05) is 20.2 Å². The van der Waals surface area contributed by atoms with Crippen molar-refractivity contribution in [1.82, 2.24) is 10.3 Å². The SMILES string of the molecule is CN=C(N)NC(=O)c1cc2c(C(F)(F)F)ccc(OCCN)c2[nH]1. The number of halogens is 3. The first-order valence-corrected chi connectivity index (χ1v) is 6.87. The van der Waals surface area contributed by atoms with Crippen LogP contribution in [0.4, 0.5) is 13.2 Å². The molecule has 1 heterocycles. The molecule has 0 atom stereocenters. The minimum atomic E-state index is -4.58. The number of hydrogen-bond donors (Lipinski definition) is 4. The van der Waals surface area contributed by atoms with E-state index in [9.17, 15) is 18.0 Å². The number of ether oxygens (including phenoxy) is 1. The summed E-state index contributed by atoms with van der Waals surface area (Å²) in [6, 6.07) is 3.16. The molecule has 1 aromatic heterocycles. The van der Waals surface area contributed by atoms with Crippen molar-refractivity contribution in [2.45, 2.75) is 6.18 Å². The van der Waals surface area contributed by atoms with Gasteiger partial charge in [0.1, 0.15) is 18.1 Å². The number of alkyl halides is 3. The summed E-state index contributed by atoms with van der Waals surface area (Å²) in [4.78, 5) is 18.2. The van der Waals surface area contributed by atoms with E-state index in [-0.39, 0.29) is 41.5 Å². The summed E-state index contributed by atoms with van der Waals surface area (Å²) in [5.41, 5.74) is 9.78. The van der Waals surface area contributed by atoms with Crippen molar-refractivity contribution >= 4 is 22.8 Å². The molecule has 2 rings (SSSR count). The third-order valence-corrected chi connectivity index (χ3v) is 3.16. The second kappa shape index (κ2) is 6.79. The number of nitrogens with two attached hydrogens (primary N) is 2. The molecule has 7 nitrogen and oxygen atoms in total. The van der Waals surface area contributed by atoms with E-state index in [0.29, 0.717) is 0 Å². The van der Waals surface area contributed by atoms with E-state index in [4.69, 9.17) is 16.2 Å². The standard InChI is InChI=1S/C14H16F3N5O2/c1-20-13(19)22-12(23)9-6-7-8(14(15,16)17)2-3-10(11(7)21-9)24-5-4-18/h2-3,6,21H,4-5,18H2,1H3,(H3,19,20,22,23). The van der Waals surface area contributed by atoms with Crippen LogP contribution in [-0.2, 0) is 6.18 Å². The predicted octanol–water partition coefficient (Wildman–Crippen LogP) is 1.20. The summed E-state index contributed by atoms with van der Waals surface area (Å²) in [5.74, 6) is -0.707. The molecule has 10 heteroatoms. The molecule has 0 aliphatic rings. The second-order valence-electron chi connectivity index (χ2n) is 4.78. The molecule has 0 unspecified atom stereocenters. The molecule has 0 radical (unpaired) electrons. The van der Waals surface area contributed by atoms with Crippen LogP contribution in [-0.4, -0.2) is 37.1 Å². The summed E-state index contributed by atoms with van der Waals surface area (Å²) in [6.45, 7) is 0.316. The topological polar surface area (TPSA) is 119 Å². The lowest BCUT2D eigenvalue weighted by Crippen LogP contribution is -2.36. The highest BCUT2D eigenvalue weighted by molar-refractivity contribution is 6.07. The van der Waals surface area contributed by atoms with Crippen LogP contribution in [0.1, 0.15) is 16.1 Å². The summed E-state index contributed by atoms with van der Waals surface area (Å²) in [6.07, 6.45) is -4.58. The molecule has 0 aliphatic carbocycles. The Morgan fingerprint density at radius 2 is 2.12 bits per heavy atom. The Morgan fingerprint density at radius 1 is 1.42 bits per heavy atom. The number of aromatic nitrogens is 1. The van der Waals surface area contributed by atoms with Gasteiger partial charge in [0.15, 0.2) is 5.96 Å². The second-order valence-corrected chi connectivity index (χ2v) is 4.78. The highest BCUT2D eigenvalue weighted by Gasteiger charge is 2.34. The van der Waals surface area contributed by atoms with Gasteiger partial charge < -0.3 is 21.2 Å². The van der Waals surface area contributed by atoms with Crippen molar-refractivity contribution in [3.63, 3.8) is 0 Å². The van der Waals surface area contributed by atoms with Crippen LogP contribution in [0.3, 0.4) is 0 Å². The number of carbonyl (C=O) groups is 1. The third-order valence-electron chi connectivity index (χ3n) is 3.16. The van der Waals surface area contributed by atoms with Gasteiger partial charge in [-0.3, -0.25) is 15.1 Å². The lowest BCUT2D eigenvalue weighted by molar-refractivity contribution is -0.136. The van der Waals surface area contributed by atoms with Crippen LogP contribution >= 0.6 is 0 Å². The number of rotatable bonds is 4. The zero-order valence-electron chi connectivity index (χ0n) is 12.7. The number of fused-ring (bicyclic) bond motifs is 1. The maximum atomic E-state index is 13.2. The lowest BCUT2D eigenvalue weighted by atomic mass is 10.1. The number of aliphatic imine (C=N–C) groups is 1. The van der Waals surface area contributed by atoms with Gasteiger partial charge in [0.05, 0.1) is 11.1 Å². The average Bonchev–Trinajstić information content (AvgIpc) is 2.96. The zero-order chi connectivity index (χ0) is 17.9. The van der Waals surface area contributed by atoms with Gasteiger partial charge in [0.25, 0.3) is 5.91 Å². The van der Waals surface area contributed by atoms with E-state index >= 15 is 0 Å². The van der Waals surface area contributed by atoms with Crippen LogP contribution < -0.4 is 21.5 Å². The number of aromatic amines is 1. The van der Waals surface area contributed by atoms with Crippen molar-refractivity contribution in [1.29, 1.82) is 0 Å². The number of H-pyrrole nitrogens is 1. The molecule has 0 saturated carbocycles. The van der Waals surface area contributed by atoms with Gasteiger partial charge in [-0.2, -0.15) is 13.2 Å². The molecule has 130 valence electrons. The smallest absolute Gasteiger partial charge is 0.417 e. The van der Waals surface area contributed by atoms with Gasteiger partial charge in [-0.25, -0.2) is 0 Å². The largest absolute Gasteiger partial charge is 0.490 e. The predicted molar refractivity (Wildman–Crippen MR) is 82.9 cm³/mol. The highest BCUT2D eigenvalue weighted by Crippen LogP contribution is 2.38. The van der Waals surface area contributed by atoms with E-state index in [2.05, 4.69) is 15.3 Å². The number of benzene rings is 1. The van der Waals surface area contributed by atoms with Crippen LogP contribution in [0.5, 0.6) is 5.75 Å². The van der Waals surface area contributed by atoms with E-state index in [0.717, 1.165) is 12.1 Å². The summed E-state index contributed by atoms with van der Waals surface area (Å²) < 4.78 is 44.8. The summed E-state index contributed by atoms with van der Waals surface area (Å²) in [7, 11) is 1.36. The molecule has 0 spiro atoms. The number of hydrogen-bond acceptors (Lipinski definition) is 4. The van der Waals surface area contributed by atoms with E-state index in [1.807, 2.05) is 0 Å². The first kappa shape index (κ1) is 17.6. The maximum absolute atomic E-state index is 13.2. The van der Waals surface area contributed by atoms with Gasteiger partial charge in [0.2, 0.25) is 0 Å². The Morgan fingerprint density at radius 3 is 2.71 bits per heavy atom. The molecule has 0 fully saturated rings. The molecule has 2 aromatic rings. The number of nitrogens with one attached hydrogen (secondary N) is 2. The minimum Gasteiger partial charge on any atom is -0.490 e. The van der Waals surface area contributed by atoms with Gasteiger partial charge >= 0.3 is 6.18 Å². The monoisotopic (exact) mass is 343 g/mol. The Kier molecular flexibility index (Phi) is 4.98. The van der Waals surface area contributed by atoms with Crippen LogP contribution in [0.2, 0.25) is 0 Å². The zero-order valence-corrected chi connectivity index (χ0v) is 12.7. The van der Waals surface area contributed by atoms with E-state index in [1.165, 1.54) is 13.1 Å². The van der Waals surface area contributed by atoms with Crippen molar-refractivity contribution in [2.24, 2.45) is 16.5 Å². The number of guanidine groups is 1.